The van der Waals surface area contributed by atoms with E-state index in [1.54, 1.807) is 12.1 Å². The standard InChI is InChI=1S/C14H18N2O4/c17-13(18)11-2-1-3-12(8-11)16-14(19)15-6-4-10-5-7-20-9-10/h1-3,8,10H,4-7,9H2,(H,17,18)(H2,15,16,19). The van der Waals surface area contributed by atoms with Gasteiger partial charge in [0.1, 0.15) is 0 Å². The van der Waals surface area contributed by atoms with Gasteiger partial charge in [0.05, 0.1) is 5.56 Å². The third kappa shape index (κ3) is 4.24. The molecule has 1 saturated heterocycles. The summed E-state index contributed by atoms with van der Waals surface area (Å²) in [5, 5.41) is 14.2. The van der Waals surface area contributed by atoms with Crippen LogP contribution in [0, 0.1) is 5.92 Å². The first-order valence-electron chi connectivity index (χ1n) is 6.61. The number of carbonyl (C=O) groups is 2. The van der Waals surface area contributed by atoms with Gasteiger partial charge in [-0.15, -0.1) is 0 Å². The highest BCUT2D eigenvalue weighted by Crippen LogP contribution is 2.15. The molecule has 0 radical (unpaired) electrons. The lowest BCUT2D eigenvalue weighted by Gasteiger charge is -2.10. The molecule has 1 aromatic rings. The van der Waals surface area contributed by atoms with E-state index in [0.717, 1.165) is 26.1 Å². The lowest BCUT2D eigenvalue weighted by atomic mass is 10.1. The van der Waals surface area contributed by atoms with Crippen LogP contribution in [0.25, 0.3) is 0 Å². The fraction of sp³-hybridized carbons (Fsp3) is 0.429. The monoisotopic (exact) mass is 278 g/mol. The smallest absolute Gasteiger partial charge is 0.335 e. The van der Waals surface area contributed by atoms with Crippen LogP contribution in [0.2, 0.25) is 0 Å². The first kappa shape index (κ1) is 14.3. The third-order valence-electron chi connectivity index (χ3n) is 3.23. The highest BCUT2D eigenvalue weighted by atomic mass is 16.5. The number of carboxylic acids is 1. The van der Waals surface area contributed by atoms with Crippen molar-refractivity contribution >= 4 is 17.7 Å². The van der Waals surface area contributed by atoms with Crippen LogP contribution in [-0.4, -0.2) is 36.9 Å². The summed E-state index contributed by atoms with van der Waals surface area (Å²) < 4.78 is 5.26. The number of carboxylic acid groups (broad SMARTS) is 1. The van der Waals surface area contributed by atoms with E-state index in [4.69, 9.17) is 9.84 Å². The second-order valence-corrected chi connectivity index (χ2v) is 4.79. The molecule has 1 heterocycles. The molecule has 6 nitrogen and oxygen atoms in total. The first-order chi connectivity index (χ1) is 9.65. The number of aromatic carboxylic acids is 1. The molecule has 1 aliphatic heterocycles. The minimum atomic E-state index is -1.02. The predicted octanol–water partition coefficient (Wildman–Crippen LogP) is 1.93. The van der Waals surface area contributed by atoms with Gasteiger partial charge in [-0.1, -0.05) is 6.07 Å². The molecular formula is C14H18N2O4. The number of anilines is 1. The largest absolute Gasteiger partial charge is 0.478 e. The van der Waals surface area contributed by atoms with Crippen molar-refractivity contribution in [2.24, 2.45) is 5.92 Å². The fourth-order valence-corrected chi connectivity index (χ4v) is 2.11. The van der Waals surface area contributed by atoms with Crippen LogP contribution < -0.4 is 10.6 Å². The van der Waals surface area contributed by atoms with Gasteiger partial charge in [-0.3, -0.25) is 0 Å². The Hall–Kier alpha value is -2.08. The van der Waals surface area contributed by atoms with E-state index < -0.39 is 5.97 Å². The van der Waals surface area contributed by atoms with Gasteiger partial charge < -0.3 is 20.5 Å². The maximum atomic E-state index is 11.7. The average Bonchev–Trinajstić information content (AvgIpc) is 2.92. The van der Waals surface area contributed by atoms with Crippen LogP contribution in [-0.2, 0) is 4.74 Å². The first-order valence-corrected chi connectivity index (χ1v) is 6.61. The molecule has 1 aliphatic rings. The number of urea groups is 1. The van der Waals surface area contributed by atoms with E-state index >= 15 is 0 Å². The predicted molar refractivity (Wildman–Crippen MR) is 74.0 cm³/mol. The zero-order valence-corrected chi connectivity index (χ0v) is 11.1. The number of hydrogen-bond donors (Lipinski definition) is 3. The molecule has 3 N–H and O–H groups in total. The van der Waals surface area contributed by atoms with E-state index in [9.17, 15) is 9.59 Å². The van der Waals surface area contributed by atoms with Gasteiger partial charge in [-0.25, -0.2) is 9.59 Å². The Morgan fingerprint density at radius 2 is 2.25 bits per heavy atom. The average molecular weight is 278 g/mol. The summed E-state index contributed by atoms with van der Waals surface area (Å²) in [6.45, 7) is 2.15. The number of ether oxygens (including phenoxy) is 1. The zero-order chi connectivity index (χ0) is 14.4. The Kier molecular flexibility index (Phi) is 4.95. The topological polar surface area (TPSA) is 87.7 Å². The number of hydrogen-bond acceptors (Lipinski definition) is 3. The summed E-state index contributed by atoms with van der Waals surface area (Å²) in [5.74, 6) is -0.499. The minimum absolute atomic E-state index is 0.144. The van der Waals surface area contributed by atoms with Gasteiger partial charge in [-0.2, -0.15) is 0 Å². The number of benzene rings is 1. The summed E-state index contributed by atoms with van der Waals surface area (Å²) in [7, 11) is 0. The van der Waals surface area contributed by atoms with Crippen molar-refractivity contribution in [3.8, 4) is 0 Å². The maximum absolute atomic E-state index is 11.7. The highest BCUT2D eigenvalue weighted by molar-refractivity contribution is 5.93. The molecule has 0 aliphatic carbocycles. The summed E-state index contributed by atoms with van der Waals surface area (Å²) in [4.78, 5) is 22.5. The van der Waals surface area contributed by atoms with E-state index in [1.807, 2.05) is 0 Å². The van der Waals surface area contributed by atoms with Gasteiger partial charge in [-0.05, 0) is 37.0 Å². The second kappa shape index (κ2) is 6.91. The molecule has 1 unspecified atom stereocenters. The Morgan fingerprint density at radius 3 is 2.95 bits per heavy atom. The van der Waals surface area contributed by atoms with Crippen LogP contribution in [0.4, 0.5) is 10.5 Å². The summed E-state index contributed by atoms with van der Waals surface area (Å²) >= 11 is 0. The van der Waals surface area contributed by atoms with Crippen LogP contribution in [0.5, 0.6) is 0 Å². The van der Waals surface area contributed by atoms with Crippen molar-refractivity contribution in [1.82, 2.24) is 5.32 Å². The number of carbonyl (C=O) groups excluding carboxylic acids is 1. The van der Waals surface area contributed by atoms with Crippen molar-refractivity contribution in [3.05, 3.63) is 29.8 Å². The zero-order valence-electron chi connectivity index (χ0n) is 11.1. The summed E-state index contributed by atoms with van der Waals surface area (Å²) in [6.07, 6.45) is 1.94. The molecule has 0 aromatic heterocycles. The van der Waals surface area contributed by atoms with Crippen molar-refractivity contribution in [2.75, 3.05) is 25.1 Å². The maximum Gasteiger partial charge on any atom is 0.335 e. The van der Waals surface area contributed by atoms with E-state index in [2.05, 4.69) is 10.6 Å². The molecule has 20 heavy (non-hydrogen) atoms. The molecule has 1 aromatic carbocycles. The number of nitrogens with one attached hydrogen (secondary N) is 2. The molecule has 2 rings (SSSR count). The molecule has 1 fully saturated rings. The SMILES string of the molecule is O=C(NCCC1CCOC1)Nc1cccc(C(=O)O)c1. The van der Waals surface area contributed by atoms with E-state index in [1.165, 1.54) is 12.1 Å². The number of rotatable bonds is 5. The van der Waals surface area contributed by atoms with Gasteiger partial charge in [0.25, 0.3) is 0 Å². The van der Waals surface area contributed by atoms with Gasteiger partial charge in [0, 0.05) is 25.4 Å². The number of amides is 2. The molecule has 1 atom stereocenters. The second-order valence-electron chi connectivity index (χ2n) is 4.79. The molecular weight excluding hydrogens is 260 g/mol. The lowest BCUT2D eigenvalue weighted by molar-refractivity contribution is 0.0697. The van der Waals surface area contributed by atoms with Crippen LogP contribution >= 0.6 is 0 Å². The van der Waals surface area contributed by atoms with E-state index in [-0.39, 0.29) is 11.6 Å². The van der Waals surface area contributed by atoms with Gasteiger partial charge >= 0.3 is 12.0 Å². The summed E-state index contributed by atoms with van der Waals surface area (Å²) in [5.41, 5.74) is 0.609. The van der Waals surface area contributed by atoms with Gasteiger partial charge in [0.15, 0.2) is 0 Å². The van der Waals surface area contributed by atoms with Crippen molar-refractivity contribution in [1.29, 1.82) is 0 Å². The normalized spacial score (nSPS) is 17.7. The summed E-state index contributed by atoms with van der Waals surface area (Å²) in [6, 6.07) is 5.82. The molecule has 0 spiro atoms. The van der Waals surface area contributed by atoms with Crippen molar-refractivity contribution < 1.29 is 19.4 Å². The Bertz CT molecular complexity index is 484. The van der Waals surface area contributed by atoms with Crippen molar-refractivity contribution in [3.63, 3.8) is 0 Å². The minimum Gasteiger partial charge on any atom is -0.478 e. The third-order valence-corrected chi connectivity index (χ3v) is 3.23. The van der Waals surface area contributed by atoms with E-state index in [0.29, 0.717) is 18.2 Å². The fourth-order valence-electron chi connectivity index (χ4n) is 2.11. The Labute approximate surface area is 117 Å². The Morgan fingerprint density at radius 1 is 1.40 bits per heavy atom. The Balaban J connectivity index is 1.76. The molecule has 108 valence electrons. The molecule has 0 bridgehead atoms. The molecule has 2 amide bonds. The van der Waals surface area contributed by atoms with Crippen LogP contribution in [0.15, 0.2) is 24.3 Å². The quantitative estimate of drug-likeness (QED) is 0.768. The lowest BCUT2D eigenvalue weighted by Crippen LogP contribution is -2.30. The van der Waals surface area contributed by atoms with Crippen molar-refractivity contribution in [2.45, 2.75) is 12.8 Å². The molecule has 6 heteroatoms. The van der Waals surface area contributed by atoms with Crippen LogP contribution in [0.1, 0.15) is 23.2 Å². The highest BCUT2D eigenvalue weighted by Gasteiger charge is 2.15. The molecule has 0 saturated carbocycles. The van der Waals surface area contributed by atoms with Gasteiger partial charge in [0.2, 0.25) is 0 Å². The van der Waals surface area contributed by atoms with Crippen LogP contribution in [0.3, 0.4) is 0 Å².